The predicted octanol–water partition coefficient (Wildman–Crippen LogP) is 2.15. The van der Waals surface area contributed by atoms with Crippen LogP contribution < -0.4 is 5.73 Å². The number of pyridine rings is 1. The summed E-state index contributed by atoms with van der Waals surface area (Å²) in [4.78, 5) is 12.7. The third kappa shape index (κ3) is 1.51. The van der Waals surface area contributed by atoms with Gasteiger partial charge in [-0.05, 0) is 11.5 Å². The Hall–Kier alpha value is -3.02. The van der Waals surface area contributed by atoms with Crippen molar-refractivity contribution in [2.45, 2.75) is 0 Å². The van der Waals surface area contributed by atoms with E-state index in [9.17, 15) is 0 Å². The monoisotopic (exact) mass is 262 g/mol. The number of hydrogen-bond acceptors (Lipinski definition) is 5. The topological polar surface area (TPSA) is 93.4 Å². The Morgan fingerprint density at radius 1 is 1.00 bits per heavy atom. The first-order valence-corrected chi connectivity index (χ1v) is 6.12. The van der Waals surface area contributed by atoms with Gasteiger partial charge in [-0.15, -0.1) is 0 Å². The molecule has 1 aromatic carbocycles. The maximum atomic E-state index is 5.78. The molecule has 3 aromatic heterocycles. The van der Waals surface area contributed by atoms with Gasteiger partial charge in [0.1, 0.15) is 0 Å². The Labute approximate surface area is 113 Å². The lowest BCUT2D eigenvalue weighted by Gasteiger charge is -2.07. The molecule has 4 aromatic rings. The summed E-state index contributed by atoms with van der Waals surface area (Å²) in [6.45, 7) is 0. The number of fused-ring (bicyclic) bond motifs is 2. The quantitative estimate of drug-likeness (QED) is 0.548. The van der Waals surface area contributed by atoms with Crippen molar-refractivity contribution in [3.05, 3.63) is 42.9 Å². The van der Waals surface area contributed by atoms with Gasteiger partial charge in [-0.3, -0.25) is 10.1 Å². The number of aromatic amines is 1. The van der Waals surface area contributed by atoms with Gasteiger partial charge in [-0.1, -0.05) is 18.2 Å². The Bertz CT molecular complexity index is 922. The molecule has 0 bridgehead atoms. The molecule has 96 valence electrons. The molecule has 3 heterocycles. The first-order valence-electron chi connectivity index (χ1n) is 6.12. The SMILES string of the molecule is Nc1nc(-c2cccc3ccncc23)c2cn[nH]c2n1. The van der Waals surface area contributed by atoms with Gasteiger partial charge >= 0.3 is 0 Å². The molecular formula is C14H10N6. The first kappa shape index (κ1) is 10.9. The largest absolute Gasteiger partial charge is 0.368 e. The number of nitrogens with zero attached hydrogens (tertiary/aromatic N) is 4. The molecule has 0 saturated carbocycles. The van der Waals surface area contributed by atoms with Gasteiger partial charge in [0, 0.05) is 23.3 Å². The first-order chi connectivity index (χ1) is 9.83. The number of H-pyrrole nitrogens is 1. The highest BCUT2D eigenvalue weighted by Crippen LogP contribution is 2.31. The van der Waals surface area contributed by atoms with Gasteiger partial charge in [0.2, 0.25) is 5.95 Å². The standard InChI is InChI=1S/C14H10N6/c15-14-18-12(11-7-17-20-13(11)19-14)9-3-1-2-8-4-5-16-6-10(8)9/h1-7H,(H3,15,17,18,19,20). The van der Waals surface area contributed by atoms with Crippen LogP contribution in [-0.4, -0.2) is 25.1 Å². The van der Waals surface area contributed by atoms with E-state index in [1.165, 1.54) is 0 Å². The highest BCUT2D eigenvalue weighted by atomic mass is 15.2. The fourth-order valence-corrected chi connectivity index (χ4v) is 2.38. The van der Waals surface area contributed by atoms with Crippen molar-refractivity contribution >= 4 is 27.8 Å². The molecule has 3 N–H and O–H groups in total. The van der Waals surface area contributed by atoms with Crippen LogP contribution in [0, 0.1) is 0 Å². The summed E-state index contributed by atoms with van der Waals surface area (Å²) in [5, 5.41) is 9.80. The molecular weight excluding hydrogens is 252 g/mol. The Morgan fingerprint density at radius 2 is 1.95 bits per heavy atom. The zero-order valence-electron chi connectivity index (χ0n) is 10.4. The molecule has 0 aliphatic rings. The smallest absolute Gasteiger partial charge is 0.222 e. The van der Waals surface area contributed by atoms with Crippen LogP contribution in [0.1, 0.15) is 0 Å². The number of nitrogens with one attached hydrogen (secondary N) is 1. The molecule has 20 heavy (non-hydrogen) atoms. The molecule has 0 saturated heterocycles. The molecule has 0 unspecified atom stereocenters. The number of anilines is 1. The fourth-order valence-electron chi connectivity index (χ4n) is 2.38. The lowest BCUT2D eigenvalue weighted by molar-refractivity contribution is 1.09. The van der Waals surface area contributed by atoms with E-state index in [1.54, 1.807) is 12.4 Å². The number of nitrogen functional groups attached to an aromatic ring is 1. The molecule has 0 radical (unpaired) electrons. The number of aromatic nitrogens is 5. The maximum Gasteiger partial charge on any atom is 0.222 e. The molecule has 0 amide bonds. The van der Waals surface area contributed by atoms with Crippen LogP contribution >= 0.6 is 0 Å². The third-order valence-corrected chi connectivity index (χ3v) is 3.27. The molecule has 6 nitrogen and oxygen atoms in total. The zero-order valence-corrected chi connectivity index (χ0v) is 10.4. The minimum absolute atomic E-state index is 0.220. The molecule has 0 aliphatic heterocycles. The summed E-state index contributed by atoms with van der Waals surface area (Å²) in [7, 11) is 0. The number of benzene rings is 1. The Balaban J connectivity index is 2.14. The summed E-state index contributed by atoms with van der Waals surface area (Å²) in [6, 6.07) is 7.99. The fraction of sp³-hybridized carbons (Fsp3) is 0. The summed E-state index contributed by atoms with van der Waals surface area (Å²) in [5.74, 6) is 0.220. The predicted molar refractivity (Wildman–Crippen MR) is 76.8 cm³/mol. The second kappa shape index (κ2) is 3.99. The second-order valence-corrected chi connectivity index (χ2v) is 4.47. The molecule has 6 heteroatoms. The summed E-state index contributed by atoms with van der Waals surface area (Å²) in [6.07, 6.45) is 5.31. The van der Waals surface area contributed by atoms with Crippen molar-refractivity contribution in [1.29, 1.82) is 0 Å². The molecule has 0 spiro atoms. The maximum absolute atomic E-state index is 5.78. The second-order valence-electron chi connectivity index (χ2n) is 4.47. The van der Waals surface area contributed by atoms with Crippen LogP contribution in [0.4, 0.5) is 5.95 Å². The zero-order chi connectivity index (χ0) is 13.5. The van der Waals surface area contributed by atoms with Crippen LogP contribution in [0.2, 0.25) is 0 Å². The van der Waals surface area contributed by atoms with Gasteiger partial charge in [-0.2, -0.15) is 10.1 Å². The van der Waals surface area contributed by atoms with Gasteiger partial charge < -0.3 is 5.73 Å². The minimum Gasteiger partial charge on any atom is -0.368 e. The van der Waals surface area contributed by atoms with E-state index in [2.05, 4.69) is 25.1 Å². The molecule has 4 rings (SSSR count). The van der Waals surface area contributed by atoms with Crippen LogP contribution in [0.25, 0.3) is 33.1 Å². The van der Waals surface area contributed by atoms with Crippen LogP contribution in [0.5, 0.6) is 0 Å². The lowest BCUT2D eigenvalue weighted by atomic mass is 10.0. The van der Waals surface area contributed by atoms with Gasteiger partial charge in [0.05, 0.1) is 17.3 Å². The average molecular weight is 262 g/mol. The number of hydrogen-bond donors (Lipinski definition) is 2. The minimum atomic E-state index is 0.220. The van der Waals surface area contributed by atoms with Gasteiger partial charge in [0.15, 0.2) is 5.65 Å². The molecule has 0 aliphatic carbocycles. The van der Waals surface area contributed by atoms with Crippen molar-refractivity contribution in [2.75, 3.05) is 5.73 Å². The molecule has 0 fully saturated rings. The van der Waals surface area contributed by atoms with Crippen molar-refractivity contribution in [1.82, 2.24) is 25.1 Å². The van der Waals surface area contributed by atoms with E-state index in [4.69, 9.17) is 5.73 Å². The Morgan fingerprint density at radius 3 is 2.90 bits per heavy atom. The molecule has 0 atom stereocenters. The highest BCUT2D eigenvalue weighted by Gasteiger charge is 2.12. The van der Waals surface area contributed by atoms with E-state index in [0.29, 0.717) is 5.65 Å². The highest BCUT2D eigenvalue weighted by molar-refractivity contribution is 6.02. The van der Waals surface area contributed by atoms with E-state index in [-0.39, 0.29) is 5.95 Å². The van der Waals surface area contributed by atoms with Crippen LogP contribution in [0.15, 0.2) is 42.9 Å². The summed E-state index contributed by atoms with van der Waals surface area (Å²) < 4.78 is 0. The van der Waals surface area contributed by atoms with Crippen molar-refractivity contribution < 1.29 is 0 Å². The van der Waals surface area contributed by atoms with E-state index < -0.39 is 0 Å². The van der Waals surface area contributed by atoms with E-state index in [1.807, 2.05) is 30.5 Å². The number of nitrogens with two attached hydrogens (primary N) is 1. The normalized spacial score (nSPS) is 11.2. The van der Waals surface area contributed by atoms with Crippen LogP contribution in [0.3, 0.4) is 0 Å². The van der Waals surface area contributed by atoms with Crippen LogP contribution in [-0.2, 0) is 0 Å². The van der Waals surface area contributed by atoms with E-state index in [0.717, 1.165) is 27.4 Å². The van der Waals surface area contributed by atoms with Crippen molar-refractivity contribution in [3.8, 4) is 11.3 Å². The average Bonchev–Trinajstić information content (AvgIpc) is 2.94. The van der Waals surface area contributed by atoms with E-state index >= 15 is 0 Å². The van der Waals surface area contributed by atoms with Gasteiger partial charge in [0.25, 0.3) is 0 Å². The number of rotatable bonds is 1. The lowest BCUT2D eigenvalue weighted by Crippen LogP contribution is -1.97. The Kier molecular flexibility index (Phi) is 2.17. The third-order valence-electron chi connectivity index (χ3n) is 3.27. The van der Waals surface area contributed by atoms with Gasteiger partial charge in [-0.25, -0.2) is 4.98 Å². The van der Waals surface area contributed by atoms with Crippen molar-refractivity contribution in [3.63, 3.8) is 0 Å². The summed E-state index contributed by atoms with van der Waals surface area (Å²) >= 11 is 0. The summed E-state index contributed by atoms with van der Waals surface area (Å²) in [5.41, 5.74) is 8.14. The van der Waals surface area contributed by atoms with Crippen molar-refractivity contribution in [2.24, 2.45) is 0 Å².